The van der Waals surface area contributed by atoms with E-state index in [0.717, 1.165) is 34.2 Å². The van der Waals surface area contributed by atoms with Gasteiger partial charge in [0.25, 0.3) is 5.78 Å². The zero-order valence-corrected chi connectivity index (χ0v) is 23.9. The lowest BCUT2D eigenvalue weighted by Gasteiger charge is -2.23. The highest BCUT2D eigenvalue weighted by Gasteiger charge is 2.48. The van der Waals surface area contributed by atoms with Crippen LogP contribution >= 0.6 is 11.3 Å². The van der Waals surface area contributed by atoms with E-state index in [0.29, 0.717) is 53.3 Å². The average Bonchev–Trinajstić information content (AvgIpc) is 3.51. The molecule has 1 aromatic heterocycles. The van der Waals surface area contributed by atoms with Crippen molar-refractivity contribution in [1.82, 2.24) is 4.98 Å². The van der Waals surface area contributed by atoms with Gasteiger partial charge in [0.2, 0.25) is 0 Å². The van der Waals surface area contributed by atoms with Crippen LogP contribution in [0.1, 0.15) is 48.1 Å². The van der Waals surface area contributed by atoms with Gasteiger partial charge in [0.15, 0.2) is 16.6 Å². The molecule has 1 fully saturated rings. The van der Waals surface area contributed by atoms with E-state index < -0.39 is 17.7 Å². The Morgan fingerprint density at radius 3 is 2.56 bits per heavy atom. The summed E-state index contributed by atoms with van der Waals surface area (Å²) in [4.78, 5) is 33.5. The number of Topliss-reactive ketones (excluding diaryl/α,β-unsaturated/α-hetero) is 1. The fourth-order valence-electron chi connectivity index (χ4n) is 5.23. The molecular formula is C32H30N2O6S. The van der Waals surface area contributed by atoms with Crippen molar-refractivity contribution >= 4 is 44.1 Å². The maximum atomic E-state index is 13.7. The Bertz CT molecular complexity index is 1690. The minimum absolute atomic E-state index is 0.0153. The summed E-state index contributed by atoms with van der Waals surface area (Å²) < 4.78 is 18.1. The molecule has 1 atom stereocenters. The number of ether oxygens (including phenoxy) is 3. The Kier molecular flexibility index (Phi) is 7.13. The summed E-state index contributed by atoms with van der Waals surface area (Å²) in [5, 5.41) is 12.0. The second-order valence-corrected chi connectivity index (χ2v) is 11.2. The summed E-state index contributed by atoms with van der Waals surface area (Å²) in [7, 11) is 0. The summed E-state index contributed by atoms with van der Waals surface area (Å²) in [5.41, 5.74) is 3.84. The number of anilines is 1. The number of fused-ring (bicyclic) bond motifs is 2. The van der Waals surface area contributed by atoms with Gasteiger partial charge in [-0.15, -0.1) is 0 Å². The average molecular weight is 571 g/mol. The number of carbonyl (C=O) groups excluding carboxylic acids is 2. The van der Waals surface area contributed by atoms with Gasteiger partial charge in [-0.1, -0.05) is 42.9 Å². The standard InChI is InChI=1S/C32H30N2O6S/c1-4-5-12-38-22-9-6-20(7-10-22)28-26(29(35)21-8-11-23-24(17-21)40-14-13-39-23)30(36)31(37)34(28)32-33-27-19(3)15-18(2)16-25(27)41-32/h6-11,15-17,28,35H,4-5,12-14H2,1-3H3/b29-26-. The molecular weight excluding hydrogens is 540 g/mol. The molecule has 0 saturated carbocycles. The lowest BCUT2D eigenvalue weighted by Crippen LogP contribution is -2.29. The van der Waals surface area contributed by atoms with Crippen LogP contribution in [0.2, 0.25) is 0 Å². The Morgan fingerprint density at radius 2 is 1.80 bits per heavy atom. The molecule has 210 valence electrons. The van der Waals surface area contributed by atoms with Gasteiger partial charge < -0.3 is 19.3 Å². The van der Waals surface area contributed by atoms with E-state index in [1.165, 1.54) is 16.2 Å². The van der Waals surface area contributed by atoms with Crippen molar-refractivity contribution < 1.29 is 28.9 Å². The van der Waals surface area contributed by atoms with Crippen molar-refractivity contribution in [2.75, 3.05) is 24.7 Å². The molecule has 2 aliphatic heterocycles. The number of hydrogen-bond donors (Lipinski definition) is 1. The Labute approximate surface area is 241 Å². The monoisotopic (exact) mass is 570 g/mol. The molecule has 2 aliphatic rings. The van der Waals surface area contributed by atoms with Gasteiger partial charge in [0, 0.05) is 5.56 Å². The van der Waals surface area contributed by atoms with E-state index in [2.05, 4.69) is 6.92 Å². The molecule has 3 aromatic carbocycles. The largest absolute Gasteiger partial charge is 0.507 e. The van der Waals surface area contributed by atoms with Gasteiger partial charge in [0.05, 0.1) is 28.4 Å². The Hall–Kier alpha value is -4.37. The van der Waals surface area contributed by atoms with Crippen LogP contribution in [0.15, 0.2) is 60.2 Å². The number of benzene rings is 3. The SMILES string of the molecule is CCCCOc1ccc(C2/C(=C(/O)c3ccc4c(c3)OCCO4)C(=O)C(=O)N2c2nc3c(C)cc(C)cc3s2)cc1. The fraction of sp³-hybridized carbons (Fsp3) is 0.281. The summed E-state index contributed by atoms with van der Waals surface area (Å²) in [6, 6.07) is 15.4. The van der Waals surface area contributed by atoms with Crippen LogP contribution in [0, 0.1) is 13.8 Å². The lowest BCUT2D eigenvalue weighted by molar-refractivity contribution is -0.132. The molecule has 0 aliphatic carbocycles. The number of rotatable bonds is 7. The maximum absolute atomic E-state index is 13.7. The molecule has 1 saturated heterocycles. The molecule has 0 spiro atoms. The predicted octanol–water partition coefficient (Wildman–Crippen LogP) is 6.49. The minimum atomic E-state index is -0.894. The van der Waals surface area contributed by atoms with Gasteiger partial charge in [-0.2, -0.15) is 0 Å². The molecule has 1 amide bonds. The molecule has 0 bridgehead atoms. The summed E-state index contributed by atoms with van der Waals surface area (Å²) in [6.07, 6.45) is 1.96. The molecule has 1 N–H and O–H groups in total. The first-order chi connectivity index (χ1) is 19.9. The van der Waals surface area contributed by atoms with Crippen LogP contribution in [-0.4, -0.2) is 41.6 Å². The van der Waals surface area contributed by atoms with Crippen LogP contribution in [-0.2, 0) is 9.59 Å². The second-order valence-electron chi connectivity index (χ2n) is 10.2. The number of carbonyl (C=O) groups is 2. The van der Waals surface area contributed by atoms with Crippen LogP contribution in [0.4, 0.5) is 5.13 Å². The van der Waals surface area contributed by atoms with Gasteiger partial charge in [-0.25, -0.2) is 4.98 Å². The maximum Gasteiger partial charge on any atom is 0.301 e. The topological polar surface area (TPSA) is 98.2 Å². The molecule has 1 unspecified atom stereocenters. The molecule has 41 heavy (non-hydrogen) atoms. The first-order valence-corrected chi connectivity index (χ1v) is 14.5. The van der Waals surface area contributed by atoms with E-state index in [1.807, 2.05) is 50.2 Å². The van der Waals surface area contributed by atoms with E-state index in [-0.39, 0.29) is 11.3 Å². The minimum Gasteiger partial charge on any atom is -0.507 e. The van der Waals surface area contributed by atoms with Crippen molar-refractivity contribution in [3.05, 3.63) is 82.4 Å². The molecule has 3 heterocycles. The number of aliphatic hydroxyl groups is 1. The molecule has 4 aromatic rings. The van der Waals surface area contributed by atoms with E-state index in [9.17, 15) is 14.7 Å². The highest BCUT2D eigenvalue weighted by atomic mass is 32.1. The number of hydrogen-bond acceptors (Lipinski definition) is 8. The first-order valence-electron chi connectivity index (χ1n) is 13.7. The van der Waals surface area contributed by atoms with Crippen molar-refractivity contribution in [3.8, 4) is 17.2 Å². The number of aliphatic hydroxyl groups excluding tert-OH is 1. The van der Waals surface area contributed by atoms with Crippen molar-refractivity contribution in [2.45, 2.75) is 39.7 Å². The zero-order chi connectivity index (χ0) is 28.7. The van der Waals surface area contributed by atoms with Gasteiger partial charge >= 0.3 is 5.91 Å². The van der Waals surface area contributed by atoms with Crippen LogP contribution < -0.4 is 19.1 Å². The lowest BCUT2D eigenvalue weighted by atomic mass is 9.95. The summed E-state index contributed by atoms with van der Waals surface area (Å²) in [5.74, 6) is -0.0924. The second kappa shape index (κ2) is 10.9. The number of aromatic nitrogens is 1. The van der Waals surface area contributed by atoms with E-state index in [1.54, 1.807) is 18.2 Å². The number of nitrogens with zero attached hydrogens (tertiary/aromatic N) is 2. The van der Waals surface area contributed by atoms with Crippen molar-refractivity contribution in [1.29, 1.82) is 0 Å². The van der Waals surface area contributed by atoms with E-state index >= 15 is 0 Å². The number of amides is 1. The Morgan fingerprint density at radius 1 is 1.05 bits per heavy atom. The normalized spacial score (nSPS) is 17.8. The first kappa shape index (κ1) is 26.8. The molecule has 8 nitrogen and oxygen atoms in total. The molecule has 0 radical (unpaired) electrons. The zero-order valence-electron chi connectivity index (χ0n) is 23.1. The number of aryl methyl sites for hydroxylation is 2. The van der Waals surface area contributed by atoms with Crippen LogP contribution in [0.3, 0.4) is 0 Å². The van der Waals surface area contributed by atoms with Gasteiger partial charge in [-0.3, -0.25) is 14.5 Å². The number of thiazole rings is 1. The third-order valence-electron chi connectivity index (χ3n) is 7.25. The number of ketones is 1. The van der Waals surface area contributed by atoms with Crippen molar-refractivity contribution in [3.63, 3.8) is 0 Å². The van der Waals surface area contributed by atoms with Crippen LogP contribution in [0.5, 0.6) is 17.2 Å². The van der Waals surface area contributed by atoms with Gasteiger partial charge in [0.1, 0.15) is 24.7 Å². The van der Waals surface area contributed by atoms with Crippen LogP contribution in [0.25, 0.3) is 16.0 Å². The van der Waals surface area contributed by atoms with Gasteiger partial charge in [-0.05, 0) is 73.4 Å². The summed E-state index contributed by atoms with van der Waals surface area (Å²) >= 11 is 1.35. The fourth-order valence-corrected chi connectivity index (χ4v) is 6.40. The third kappa shape index (κ3) is 4.91. The highest BCUT2D eigenvalue weighted by Crippen LogP contribution is 2.45. The molecule has 9 heteroatoms. The smallest absolute Gasteiger partial charge is 0.301 e. The number of unbranched alkanes of at least 4 members (excludes halogenated alkanes) is 1. The predicted molar refractivity (Wildman–Crippen MR) is 158 cm³/mol. The van der Waals surface area contributed by atoms with E-state index in [4.69, 9.17) is 19.2 Å². The third-order valence-corrected chi connectivity index (χ3v) is 8.25. The highest BCUT2D eigenvalue weighted by molar-refractivity contribution is 7.22. The molecule has 6 rings (SSSR count). The van der Waals surface area contributed by atoms with Crippen molar-refractivity contribution in [2.24, 2.45) is 0 Å². The summed E-state index contributed by atoms with van der Waals surface area (Å²) in [6.45, 7) is 7.50. The quantitative estimate of drug-likeness (QED) is 0.117. The Balaban J connectivity index is 1.48.